The van der Waals surface area contributed by atoms with E-state index in [1.807, 2.05) is 0 Å². The summed E-state index contributed by atoms with van der Waals surface area (Å²) in [6.07, 6.45) is 0.672. The molecule has 2 aromatic carbocycles. The Morgan fingerprint density at radius 2 is 1.63 bits per heavy atom. The monoisotopic (exact) mass is 480 g/mol. The third kappa shape index (κ3) is 4.69. The van der Waals surface area contributed by atoms with Crippen molar-refractivity contribution in [3.05, 3.63) is 59.2 Å². The second kappa shape index (κ2) is 9.97. The highest BCUT2D eigenvalue weighted by Crippen LogP contribution is 2.41. The van der Waals surface area contributed by atoms with Crippen molar-refractivity contribution in [2.24, 2.45) is 0 Å². The van der Waals surface area contributed by atoms with E-state index in [1.165, 1.54) is 17.0 Å². The summed E-state index contributed by atoms with van der Waals surface area (Å²) in [6, 6.07) is 10.5. The molecule has 35 heavy (non-hydrogen) atoms. The molecule has 3 aliphatic rings. The van der Waals surface area contributed by atoms with E-state index < -0.39 is 17.7 Å². The molecular weight excluding hydrogens is 452 g/mol. The lowest BCUT2D eigenvalue weighted by molar-refractivity contribution is -0.140. The molecule has 0 aliphatic carbocycles. The fourth-order valence-corrected chi connectivity index (χ4v) is 4.75. The summed E-state index contributed by atoms with van der Waals surface area (Å²) in [4.78, 5) is 30.1. The van der Waals surface area contributed by atoms with E-state index in [0.717, 1.165) is 19.6 Å². The molecule has 184 valence electrons. The molecule has 3 aliphatic heterocycles. The first-order valence-electron chi connectivity index (χ1n) is 11.8. The van der Waals surface area contributed by atoms with Gasteiger partial charge in [-0.15, -0.1) is 0 Å². The van der Waals surface area contributed by atoms with Crippen molar-refractivity contribution in [1.29, 1.82) is 0 Å². The van der Waals surface area contributed by atoms with Crippen LogP contribution in [0.3, 0.4) is 0 Å². The number of ketones is 1. The van der Waals surface area contributed by atoms with Crippen LogP contribution >= 0.6 is 0 Å². The molecule has 0 saturated carbocycles. The molecule has 9 nitrogen and oxygen atoms in total. The second-order valence-corrected chi connectivity index (χ2v) is 8.75. The van der Waals surface area contributed by atoms with Crippen molar-refractivity contribution in [1.82, 2.24) is 9.80 Å². The van der Waals surface area contributed by atoms with Gasteiger partial charge in [0.25, 0.3) is 11.7 Å². The van der Waals surface area contributed by atoms with Crippen molar-refractivity contribution in [3.63, 3.8) is 0 Å². The lowest BCUT2D eigenvalue weighted by Gasteiger charge is -2.29. The van der Waals surface area contributed by atoms with E-state index >= 15 is 0 Å². The van der Waals surface area contributed by atoms with Gasteiger partial charge >= 0.3 is 0 Å². The number of benzene rings is 2. The molecular formula is C26H28N2O7. The first-order valence-corrected chi connectivity index (χ1v) is 11.8. The Hall–Kier alpha value is -3.56. The molecule has 1 atom stereocenters. The second-order valence-electron chi connectivity index (χ2n) is 8.75. The Balaban J connectivity index is 1.48. The number of rotatable bonds is 6. The van der Waals surface area contributed by atoms with Crippen LogP contribution in [0.15, 0.2) is 48.0 Å². The van der Waals surface area contributed by atoms with E-state index in [4.69, 9.17) is 14.2 Å². The molecule has 9 heteroatoms. The Morgan fingerprint density at radius 3 is 2.37 bits per heavy atom. The third-order valence-corrected chi connectivity index (χ3v) is 6.54. The number of ether oxygens (including phenoxy) is 3. The summed E-state index contributed by atoms with van der Waals surface area (Å²) in [5.74, 6) is -0.544. The highest BCUT2D eigenvalue weighted by atomic mass is 16.6. The summed E-state index contributed by atoms with van der Waals surface area (Å²) < 4.78 is 16.6. The average molecular weight is 481 g/mol. The number of morpholine rings is 1. The van der Waals surface area contributed by atoms with Crippen LogP contribution in [0.4, 0.5) is 0 Å². The summed E-state index contributed by atoms with van der Waals surface area (Å²) in [7, 11) is 0. The van der Waals surface area contributed by atoms with Gasteiger partial charge in [-0.05, 0) is 42.3 Å². The number of phenolic OH excluding ortho intramolecular Hbond substituents is 1. The van der Waals surface area contributed by atoms with Crippen LogP contribution in [-0.2, 0) is 14.3 Å². The SMILES string of the molecule is O=C1C(=O)N(CCCN2CCOCC2)C(c2ccc(O)cc2)C1=C(O)c1ccc2c(c1)OCCO2. The number of fused-ring (bicyclic) bond motifs is 1. The van der Waals surface area contributed by atoms with Gasteiger partial charge in [0.15, 0.2) is 11.5 Å². The molecule has 0 aromatic heterocycles. The number of likely N-dealkylation sites (tertiary alicyclic amines) is 1. The normalized spacial score (nSPS) is 21.9. The van der Waals surface area contributed by atoms with Crippen LogP contribution in [0.5, 0.6) is 17.2 Å². The van der Waals surface area contributed by atoms with Crippen molar-refractivity contribution in [2.75, 3.05) is 52.6 Å². The molecule has 0 radical (unpaired) electrons. The summed E-state index contributed by atoms with van der Waals surface area (Å²) in [6.45, 7) is 5.00. The van der Waals surface area contributed by atoms with Crippen molar-refractivity contribution < 1.29 is 34.0 Å². The highest BCUT2D eigenvalue weighted by molar-refractivity contribution is 6.46. The van der Waals surface area contributed by atoms with Crippen molar-refractivity contribution >= 4 is 17.4 Å². The number of aliphatic hydroxyl groups is 1. The number of hydrogen-bond acceptors (Lipinski definition) is 8. The molecule has 5 rings (SSSR count). The fourth-order valence-electron chi connectivity index (χ4n) is 4.75. The molecule has 2 saturated heterocycles. The predicted molar refractivity (Wildman–Crippen MR) is 126 cm³/mol. The summed E-state index contributed by atoms with van der Waals surface area (Å²) in [5.41, 5.74) is 1.01. The number of Topliss-reactive ketones (excluding diaryl/α,β-unsaturated/α-hetero) is 1. The number of hydrogen-bond donors (Lipinski definition) is 2. The minimum Gasteiger partial charge on any atom is -0.508 e. The first-order chi connectivity index (χ1) is 17.0. The Morgan fingerprint density at radius 1 is 0.914 bits per heavy atom. The lowest BCUT2D eigenvalue weighted by Crippen LogP contribution is -2.38. The van der Waals surface area contributed by atoms with Crippen molar-refractivity contribution in [2.45, 2.75) is 12.5 Å². The van der Waals surface area contributed by atoms with E-state index in [1.54, 1.807) is 30.3 Å². The topological polar surface area (TPSA) is 109 Å². The summed E-state index contributed by atoms with van der Waals surface area (Å²) in [5, 5.41) is 21.0. The molecule has 2 N–H and O–H groups in total. The molecule has 0 spiro atoms. The average Bonchev–Trinajstić information content (AvgIpc) is 3.14. The Labute approximate surface area is 203 Å². The van der Waals surface area contributed by atoms with Crippen LogP contribution in [0.2, 0.25) is 0 Å². The van der Waals surface area contributed by atoms with Crippen LogP contribution in [-0.4, -0.2) is 84.3 Å². The zero-order valence-electron chi connectivity index (χ0n) is 19.3. The van der Waals surface area contributed by atoms with E-state index in [2.05, 4.69) is 4.90 Å². The Kier molecular flexibility index (Phi) is 6.61. The highest BCUT2D eigenvalue weighted by Gasteiger charge is 2.46. The van der Waals surface area contributed by atoms with Gasteiger partial charge in [-0.3, -0.25) is 14.5 Å². The molecule has 1 unspecified atom stereocenters. The zero-order chi connectivity index (χ0) is 24.4. The molecule has 2 fully saturated rings. The molecule has 1 amide bonds. The van der Waals surface area contributed by atoms with Gasteiger partial charge < -0.3 is 29.3 Å². The van der Waals surface area contributed by atoms with Gasteiger partial charge in [0.1, 0.15) is 24.7 Å². The van der Waals surface area contributed by atoms with Gasteiger partial charge in [-0.2, -0.15) is 0 Å². The number of carbonyl (C=O) groups is 2. The fraction of sp³-hybridized carbons (Fsp3) is 0.385. The number of aliphatic hydroxyl groups excluding tert-OH is 1. The van der Waals surface area contributed by atoms with Gasteiger partial charge in [-0.25, -0.2) is 0 Å². The maximum atomic E-state index is 13.2. The largest absolute Gasteiger partial charge is 0.508 e. The number of aromatic hydroxyl groups is 1. The van der Waals surface area contributed by atoms with Crippen LogP contribution in [0.1, 0.15) is 23.6 Å². The Bertz CT molecular complexity index is 1140. The molecule has 3 heterocycles. The number of phenols is 1. The van der Waals surface area contributed by atoms with Crippen molar-refractivity contribution in [3.8, 4) is 17.2 Å². The maximum Gasteiger partial charge on any atom is 0.295 e. The first kappa shape index (κ1) is 23.2. The van der Waals surface area contributed by atoms with Gasteiger partial charge in [0.2, 0.25) is 0 Å². The van der Waals surface area contributed by atoms with E-state index in [-0.39, 0.29) is 17.1 Å². The van der Waals surface area contributed by atoms with Crippen LogP contribution < -0.4 is 9.47 Å². The lowest BCUT2D eigenvalue weighted by atomic mass is 9.95. The number of amides is 1. The van der Waals surface area contributed by atoms with Crippen LogP contribution in [0, 0.1) is 0 Å². The minimum absolute atomic E-state index is 0.0174. The smallest absolute Gasteiger partial charge is 0.295 e. The number of nitrogens with zero attached hydrogens (tertiary/aromatic N) is 2. The zero-order valence-corrected chi connectivity index (χ0v) is 19.3. The van der Waals surface area contributed by atoms with Crippen LogP contribution in [0.25, 0.3) is 5.76 Å². The standard InChI is InChI=1S/C26H28N2O7/c29-19-5-2-17(3-6-19)23-22(24(30)18-4-7-20-21(16-18)35-15-14-34-20)25(31)26(32)28(23)9-1-8-27-10-12-33-13-11-27/h2-7,16,23,29-30H,1,8-15H2. The van der Waals surface area contributed by atoms with E-state index in [0.29, 0.717) is 62.0 Å². The summed E-state index contributed by atoms with van der Waals surface area (Å²) >= 11 is 0. The molecule has 0 bridgehead atoms. The van der Waals surface area contributed by atoms with Gasteiger partial charge in [0, 0.05) is 31.7 Å². The van der Waals surface area contributed by atoms with E-state index in [9.17, 15) is 19.8 Å². The van der Waals surface area contributed by atoms with Gasteiger partial charge in [-0.1, -0.05) is 12.1 Å². The minimum atomic E-state index is -0.770. The quantitative estimate of drug-likeness (QED) is 0.368. The molecule has 2 aromatic rings. The number of carbonyl (C=O) groups excluding carboxylic acids is 2. The third-order valence-electron chi connectivity index (χ3n) is 6.54. The predicted octanol–water partition coefficient (Wildman–Crippen LogP) is 2.31. The van der Waals surface area contributed by atoms with Gasteiger partial charge in [0.05, 0.1) is 24.8 Å². The maximum absolute atomic E-state index is 13.2.